The molecule has 5 nitrogen and oxygen atoms in total. The molecule has 0 aromatic rings. The fraction of sp³-hybridized carbons (Fsp3) is 0.455. The number of hydrogen-bond acceptors (Lipinski definition) is 5. The molecule has 0 N–H and O–H groups in total. The Kier molecular flexibility index (Phi) is 7.57. The van der Waals surface area contributed by atoms with Gasteiger partial charge >= 0.3 is 11.9 Å². The van der Waals surface area contributed by atoms with Gasteiger partial charge in [-0.05, 0) is 5.57 Å². The average Bonchev–Trinajstić information content (AvgIpc) is 2.28. The molecule has 0 saturated carbocycles. The summed E-state index contributed by atoms with van der Waals surface area (Å²) in [4.78, 5) is 21.8. The Hall–Kier alpha value is -1.78. The lowest BCUT2D eigenvalue weighted by molar-refractivity contribution is -0.140. The Bertz CT molecular complexity index is 291. The minimum Gasteiger partial charge on any atom is -0.504 e. The number of hydrogen-bond donors (Lipinski definition) is 0. The first-order valence-electron chi connectivity index (χ1n) is 4.66. The Morgan fingerprint density at radius 1 is 1.06 bits per heavy atom. The van der Waals surface area contributed by atoms with Crippen LogP contribution in [0.3, 0.4) is 0 Å². The van der Waals surface area contributed by atoms with E-state index in [1.165, 1.54) is 27.6 Å². The number of ether oxygens (including phenoxy) is 3. The Morgan fingerprint density at radius 3 is 2.19 bits per heavy atom. The van der Waals surface area contributed by atoms with E-state index in [0.29, 0.717) is 5.57 Å². The number of esters is 2. The summed E-state index contributed by atoms with van der Waals surface area (Å²) in [6.45, 7) is 0. The lowest BCUT2D eigenvalue weighted by Crippen LogP contribution is -2.01. The zero-order chi connectivity index (χ0) is 12.4. The predicted molar refractivity (Wildman–Crippen MR) is 57.5 cm³/mol. The third-order valence-corrected chi connectivity index (χ3v) is 1.69. The Balaban J connectivity index is 4.29. The van der Waals surface area contributed by atoms with Gasteiger partial charge in [0.25, 0.3) is 0 Å². The van der Waals surface area contributed by atoms with Gasteiger partial charge in [0.1, 0.15) is 0 Å². The summed E-state index contributed by atoms with van der Waals surface area (Å²) in [5.41, 5.74) is 0.623. The van der Waals surface area contributed by atoms with E-state index in [0.717, 1.165) is 0 Å². The number of allylic oxidation sites excluding steroid dienone is 1. The minimum atomic E-state index is -0.369. The molecule has 0 rings (SSSR count). The summed E-state index contributed by atoms with van der Waals surface area (Å²) >= 11 is 0. The van der Waals surface area contributed by atoms with Crippen LogP contribution in [0.15, 0.2) is 24.0 Å². The maximum Gasteiger partial charge on any atom is 0.310 e. The van der Waals surface area contributed by atoms with Crippen LogP contribution in [0.1, 0.15) is 12.8 Å². The first kappa shape index (κ1) is 14.2. The van der Waals surface area contributed by atoms with Crippen molar-refractivity contribution in [1.82, 2.24) is 0 Å². The largest absolute Gasteiger partial charge is 0.504 e. The molecule has 5 heteroatoms. The van der Waals surface area contributed by atoms with E-state index in [1.807, 2.05) is 0 Å². The van der Waals surface area contributed by atoms with Crippen LogP contribution in [0, 0.1) is 0 Å². The molecule has 0 heterocycles. The van der Waals surface area contributed by atoms with Gasteiger partial charge in [-0.25, -0.2) is 0 Å². The molecule has 0 aliphatic carbocycles. The molecule has 0 aromatic heterocycles. The van der Waals surface area contributed by atoms with Crippen molar-refractivity contribution >= 4 is 11.9 Å². The SMILES string of the molecule is CO/C=C(/C=CCC(=O)OC)CC(=O)OC. The molecule has 0 atom stereocenters. The average molecular weight is 228 g/mol. The smallest absolute Gasteiger partial charge is 0.310 e. The summed E-state index contributed by atoms with van der Waals surface area (Å²) in [6, 6.07) is 0. The highest BCUT2D eigenvalue weighted by molar-refractivity contribution is 5.73. The van der Waals surface area contributed by atoms with Crippen LogP contribution in [0.25, 0.3) is 0 Å². The predicted octanol–water partition coefficient (Wildman–Crippen LogP) is 1.20. The van der Waals surface area contributed by atoms with E-state index in [2.05, 4.69) is 9.47 Å². The maximum absolute atomic E-state index is 11.0. The molecular weight excluding hydrogens is 212 g/mol. The minimum absolute atomic E-state index is 0.0992. The lowest BCUT2D eigenvalue weighted by atomic mass is 10.2. The van der Waals surface area contributed by atoms with Crippen molar-refractivity contribution in [2.75, 3.05) is 21.3 Å². The van der Waals surface area contributed by atoms with Gasteiger partial charge in [0.2, 0.25) is 0 Å². The van der Waals surface area contributed by atoms with Gasteiger partial charge in [0.05, 0.1) is 40.4 Å². The fourth-order valence-corrected chi connectivity index (χ4v) is 0.920. The normalized spacial score (nSPS) is 11.3. The van der Waals surface area contributed by atoms with Crippen molar-refractivity contribution in [3.8, 4) is 0 Å². The third kappa shape index (κ3) is 6.64. The summed E-state index contributed by atoms with van der Waals surface area (Å²) in [6.07, 6.45) is 4.89. The molecule has 0 fully saturated rings. The first-order valence-corrected chi connectivity index (χ1v) is 4.66. The monoisotopic (exact) mass is 228 g/mol. The van der Waals surface area contributed by atoms with Crippen LogP contribution in [0.5, 0.6) is 0 Å². The second-order valence-electron chi connectivity index (χ2n) is 2.86. The summed E-state index contributed by atoms with van der Waals surface area (Å²) < 4.78 is 13.8. The van der Waals surface area contributed by atoms with Crippen molar-refractivity contribution in [3.63, 3.8) is 0 Å². The highest BCUT2D eigenvalue weighted by Gasteiger charge is 2.03. The summed E-state index contributed by atoms with van der Waals surface area (Å²) in [5.74, 6) is -0.711. The standard InChI is InChI=1S/C11H16O5/c1-14-8-9(7-11(13)16-3)5-4-6-10(12)15-2/h4-5,8H,6-7H2,1-3H3/b5-4?,9-8-. The van der Waals surface area contributed by atoms with Gasteiger partial charge in [-0.2, -0.15) is 0 Å². The van der Waals surface area contributed by atoms with E-state index < -0.39 is 0 Å². The second kappa shape index (κ2) is 8.52. The topological polar surface area (TPSA) is 61.8 Å². The first-order chi connectivity index (χ1) is 7.63. The van der Waals surface area contributed by atoms with Gasteiger partial charge in [0, 0.05) is 0 Å². The molecule has 16 heavy (non-hydrogen) atoms. The van der Waals surface area contributed by atoms with Crippen molar-refractivity contribution in [2.45, 2.75) is 12.8 Å². The molecule has 90 valence electrons. The van der Waals surface area contributed by atoms with Gasteiger partial charge in [-0.1, -0.05) is 12.2 Å². The van der Waals surface area contributed by atoms with E-state index in [1.54, 1.807) is 12.2 Å². The van der Waals surface area contributed by atoms with Crippen LogP contribution >= 0.6 is 0 Å². The van der Waals surface area contributed by atoms with Crippen LogP contribution in [0.4, 0.5) is 0 Å². The van der Waals surface area contributed by atoms with Gasteiger partial charge in [-0.15, -0.1) is 0 Å². The van der Waals surface area contributed by atoms with Crippen molar-refractivity contribution in [3.05, 3.63) is 24.0 Å². The van der Waals surface area contributed by atoms with E-state index in [4.69, 9.17) is 4.74 Å². The summed E-state index contributed by atoms with van der Waals surface area (Å²) in [7, 11) is 4.10. The highest BCUT2D eigenvalue weighted by Crippen LogP contribution is 2.06. The molecule has 0 bridgehead atoms. The fourth-order valence-electron chi connectivity index (χ4n) is 0.920. The highest BCUT2D eigenvalue weighted by atomic mass is 16.5. The van der Waals surface area contributed by atoms with E-state index >= 15 is 0 Å². The zero-order valence-electron chi connectivity index (χ0n) is 9.69. The quantitative estimate of drug-likeness (QED) is 0.388. The van der Waals surface area contributed by atoms with Crippen LogP contribution in [0.2, 0.25) is 0 Å². The molecule has 0 saturated heterocycles. The number of carbonyl (C=O) groups excluding carboxylic acids is 2. The molecule has 0 unspecified atom stereocenters. The van der Waals surface area contributed by atoms with Crippen molar-refractivity contribution < 1.29 is 23.8 Å². The Labute approximate surface area is 94.7 Å². The van der Waals surface area contributed by atoms with Crippen LogP contribution < -0.4 is 0 Å². The molecular formula is C11H16O5. The zero-order valence-corrected chi connectivity index (χ0v) is 9.69. The lowest BCUT2D eigenvalue weighted by Gasteiger charge is -2.00. The third-order valence-electron chi connectivity index (χ3n) is 1.69. The van der Waals surface area contributed by atoms with Gasteiger partial charge < -0.3 is 14.2 Å². The van der Waals surface area contributed by atoms with Gasteiger partial charge in [-0.3, -0.25) is 9.59 Å². The van der Waals surface area contributed by atoms with Crippen molar-refractivity contribution in [2.24, 2.45) is 0 Å². The number of carbonyl (C=O) groups is 2. The molecule has 0 amide bonds. The van der Waals surface area contributed by atoms with E-state index in [9.17, 15) is 9.59 Å². The van der Waals surface area contributed by atoms with Crippen molar-refractivity contribution in [1.29, 1.82) is 0 Å². The van der Waals surface area contributed by atoms with Crippen LogP contribution in [-0.4, -0.2) is 33.3 Å². The molecule has 0 aliphatic rings. The molecule has 0 radical (unpaired) electrons. The number of methoxy groups -OCH3 is 3. The number of rotatable bonds is 6. The van der Waals surface area contributed by atoms with E-state index in [-0.39, 0.29) is 24.8 Å². The van der Waals surface area contributed by atoms with Crippen LogP contribution in [-0.2, 0) is 23.8 Å². The second-order valence-corrected chi connectivity index (χ2v) is 2.86. The van der Waals surface area contributed by atoms with Gasteiger partial charge in [0.15, 0.2) is 0 Å². The summed E-state index contributed by atoms with van der Waals surface area (Å²) in [5, 5.41) is 0. The Morgan fingerprint density at radius 2 is 1.69 bits per heavy atom. The molecule has 0 aliphatic heterocycles. The molecule has 0 aromatic carbocycles. The molecule has 0 spiro atoms. The maximum atomic E-state index is 11.0.